The lowest BCUT2D eigenvalue weighted by Crippen LogP contribution is -2.39. The summed E-state index contributed by atoms with van der Waals surface area (Å²) in [4.78, 5) is 18.3. The van der Waals surface area contributed by atoms with Crippen LogP contribution in [0.25, 0.3) is 0 Å². The predicted octanol–water partition coefficient (Wildman–Crippen LogP) is 4.60. The Hall–Kier alpha value is -2.18. The number of guanidine groups is 1. The van der Waals surface area contributed by atoms with Crippen LogP contribution < -0.4 is 5.73 Å². The number of rotatable bonds is 5. The summed E-state index contributed by atoms with van der Waals surface area (Å²) in [5.74, 6) is 0.278. The average Bonchev–Trinajstić information content (AvgIpc) is 3.05. The number of carbonyl (C=O) groups excluding carboxylic acids is 1. The number of nitrogens with two attached hydrogens (primary N) is 1. The van der Waals surface area contributed by atoms with Crippen molar-refractivity contribution in [3.05, 3.63) is 69.7 Å². The van der Waals surface area contributed by atoms with Gasteiger partial charge in [-0.2, -0.15) is 0 Å². The highest BCUT2D eigenvalue weighted by Gasteiger charge is 2.48. The molecule has 1 saturated carbocycles. The Balaban J connectivity index is 1.66. The van der Waals surface area contributed by atoms with Crippen molar-refractivity contribution in [1.82, 2.24) is 4.90 Å². The molecule has 4 rings (SSSR count). The smallest absolute Gasteiger partial charge is 0.216 e. The van der Waals surface area contributed by atoms with Crippen LogP contribution in [-0.2, 0) is 22.5 Å². The molecule has 158 valence electrons. The largest absolute Gasteiger partial charge is 0.381 e. The van der Waals surface area contributed by atoms with Gasteiger partial charge in [-0.1, -0.05) is 52.3 Å². The molecule has 6 heteroatoms. The van der Waals surface area contributed by atoms with Crippen molar-refractivity contribution in [2.24, 2.45) is 16.1 Å². The molecule has 2 aliphatic carbocycles. The monoisotopic (exact) mass is 469 g/mol. The minimum Gasteiger partial charge on any atom is -0.381 e. The van der Waals surface area contributed by atoms with Crippen LogP contribution in [0.3, 0.4) is 0 Å². The van der Waals surface area contributed by atoms with Crippen molar-refractivity contribution in [1.29, 1.82) is 0 Å². The van der Waals surface area contributed by atoms with Crippen molar-refractivity contribution < 1.29 is 9.53 Å². The molecule has 2 aliphatic rings. The Labute approximate surface area is 186 Å². The number of hydrogen-bond acceptors (Lipinski definition) is 3. The van der Waals surface area contributed by atoms with E-state index in [1.165, 1.54) is 16.0 Å². The second-order valence-corrected chi connectivity index (χ2v) is 9.34. The molecule has 30 heavy (non-hydrogen) atoms. The Bertz CT molecular complexity index is 923. The lowest BCUT2D eigenvalue weighted by molar-refractivity contribution is -0.115. The van der Waals surface area contributed by atoms with Crippen LogP contribution in [-0.4, -0.2) is 30.5 Å². The number of fused-ring (bicyclic) bond motifs is 1. The van der Waals surface area contributed by atoms with Gasteiger partial charge in [-0.3, -0.25) is 9.69 Å². The van der Waals surface area contributed by atoms with Crippen LogP contribution in [0.1, 0.15) is 48.4 Å². The lowest BCUT2D eigenvalue weighted by atomic mass is 9.69. The Morgan fingerprint density at radius 1 is 1.27 bits per heavy atom. The van der Waals surface area contributed by atoms with Crippen molar-refractivity contribution in [2.45, 2.75) is 50.8 Å². The van der Waals surface area contributed by atoms with Crippen molar-refractivity contribution in [3.8, 4) is 0 Å². The molecule has 0 aromatic heterocycles. The molecule has 1 amide bonds. The molecule has 0 aliphatic heterocycles. The van der Waals surface area contributed by atoms with E-state index in [1.807, 2.05) is 30.3 Å². The standard InChI is InChI=1S/C24H28BrN3O2/c1-30-20-9-11-24(12-10-20)14-18-7-8-19(25)13-21(18)22(24)27-23(26)28(16-29)15-17-5-3-2-4-6-17/h2-8,13,16,20,22H,9-12,14-15H2,1H3,(H2,26,27). The zero-order valence-electron chi connectivity index (χ0n) is 17.3. The van der Waals surface area contributed by atoms with Gasteiger partial charge < -0.3 is 10.5 Å². The summed E-state index contributed by atoms with van der Waals surface area (Å²) in [6.07, 6.45) is 6.22. The molecule has 5 nitrogen and oxygen atoms in total. The first-order chi connectivity index (χ1) is 14.5. The molecular weight excluding hydrogens is 442 g/mol. The molecule has 0 bridgehead atoms. The maximum atomic E-state index is 11.8. The summed E-state index contributed by atoms with van der Waals surface area (Å²) < 4.78 is 6.65. The van der Waals surface area contributed by atoms with Crippen LogP contribution in [0, 0.1) is 5.41 Å². The minimum atomic E-state index is -0.0546. The third kappa shape index (κ3) is 4.16. The summed E-state index contributed by atoms with van der Waals surface area (Å²) in [5, 5.41) is 0. The highest BCUT2D eigenvalue weighted by Crippen LogP contribution is 2.56. The van der Waals surface area contributed by atoms with E-state index in [-0.39, 0.29) is 17.4 Å². The van der Waals surface area contributed by atoms with Crippen LogP contribution >= 0.6 is 15.9 Å². The van der Waals surface area contributed by atoms with Gasteiger partial charge in [0.05, 0.1) is 18.7 Å². The summed E-state index contributed by atoms with van der Waals surface area (Å²) in [6.45, 7) is 0.413. The molecule has 0 saturated heterocycles. The topological polar surface area (TPSA) is 67.9 Å². The van der Waals surface area contributed by atoms with E-state index in [0.29, 0.717) is 12.6 Å². The van der Waals surface area contributed by atoms with Gasteiger partial charge in [-0.15, -0.1) is 0 Å². The molecule has 2 N–H and O–H groups in total. The Morgan fingerprint density at radius 2 is 2.00 bits per heavy atom. The van der Waals surface area contributed by atoms with E-state index in [1.54, 1.807) is 7.11 Å². The molecule has 1 unspecified atom stereocenters. The SMILES string of the molecule is COC1CCC2(CC1)Cc1ccc(Br)cc1C2N=C(N)N(C=O)Cc1ccccc1. The van der Waals surface area contributed by atoms with Crippen molar-refractivity contribution in [3.63, 3.8) is 0 Å². The first kappa shape index (κ1) is 21.1. The lowest BCUT2D eigenvalue weighted by Gasteiger charge is -2.40. The van der Waals surface area contributed by atoms with Crippen molar-refractivity contribution in [2.75, 3.05) is 7.11 Å². The van der Waals surface area contributed by atoms with E-state index in [0.717, 1.165) is 48.6 Å². The first-order valence-electron chi connectivity index (χ1n) is 10.4. The maximum absolute atomic E-state index is 11.8. The second-order valence-electron chi connectivity index (χ2n) is 8.43. The van der Waals surface area contributed by atoms with Gasteiger partial charge in [0.25, 0.3) is 0 Å². The van der Waals surface area contributed by atoms with E-state index < -0.39 is 0 Å². The molecule has 1 atom stereocenters. The Kier molecular flexibility index (Phi) is 6.25. The normalized spacial score (nSPS) is 25.9. The van der Waals surface area contributed by atoms with E-state index in [9.17, 15) is 4.79 Å². The summed E-state index contributed by atoms with van der Waals surface area (Å²) in [7, 11) is 1.79. The highest BCUT2D eigenvalue weighted by atomic mass is 79.9. The number of ether oxygens (including phenoxy) is 1. The second kappa shape index (κ2) is 8.90. The quantitative estimate of drug-likeness (QED) is 0.395. The fraction of sp³-hybridized carbons (Fsp3) is 0.417. The molecule has 2 aromatic carbocycles. The average molecular weight is 470 g/mol. The fourth-order valence-electron chi connectivity index (χ4n) is 5.00. The number of carbonyl (C=O) groups is 1. The van der Waals surface area contributed by atoms with E-state index in [2.05, 4.69) is 34.1 Å². The molecule has 1 fully saturated rings. The minimum absolute atomic E-state index is 0.0318. The molecule has 2 aromatic rings. The third-order valence-corrected chi connectivity index (χ3v) is 7.16. The highest BCUT2D eigenvalue weighted by molar-refractivity contribution is 9.10. The van der Waals surface area contributed by atoms with Crippen LogP contribution in [0.2, 0.25) is 0 Å². The molecular formula is C24H28BrN3O2. The van der Waals surface area contributed by atoms with Gasteiger partial charge in [-0.25, -0.2) is 4.99 Å². The summed E-state index contributed by atoms with van der Waals surface area (Å²) in [5.41, 5.74) is 10.0. The van der Waals surface area contributed by atoms with Gasteiger partial charge in [0.2, 0.25) is 6.41 Å². The van der Waals surface area contributed by atoms with Gasteiger partial charge >= 0.3 is 0 Å². The van der Waals surface area contributed by atoms with Gasteiger partial charge in [-0.05, 0) is 60.9 Å². The number of nitrogens with zero attached hydrogens (tertiary/aromatic N) is 2. The van der Waals surface area contributed by atoms with Crippen LogP contribution in [0.5, 0.6) is 0 Å². The van der Waals surface area contributed by atoms with Crippen molar-refractivity contribution >= 4 is 28.3 Å². The molecule has 0 radical (unpaired) electrons. The predicted molar refractivity (Wildman–Crippen MR) is 122 cm³/mol. The summed E-state index contributed by atoms with van der Waals surface area (Å²) in [6, 6.07) is 16.2. The van der Waals surface area contributed by atoms with Gasteiger partial charge in [0, 0.05) is 17.0 Å². The van der Waals surface area contributed by atoms with Crippen LogP contribution in [0.15, 0.2) is 58.0 Å². The van der Waals surface area contributed by atoms with Crippen LogP contribution in [0.4, 0.5) is 0 Å². The Morgan fingerprint density at radius 3 is 2.67 bits per heavy atom. The number of benzene rings is 2. The number of aliphatic imine (C=N–C) groups is 1. The zero-order valence-corrected chi connectivity index (χ0v) is 18.8. The zero-order chi connectivity index (χ0) is 21.1. The fourth-order valence-corrected chi connectivity index (χ4v) is 5.38. The maximum Gasteiger partial charge on any atom is 0.216 e. The third-order valence-electron chi connectivity index (χ3n) is 6.67. The number of halogens is 1. The molecule has 1 spiro atoms. The van der Waals surface area contributed by atoms with E-state index in [4.69, 9.17) is 15.5 Å². The first-order valence-corrected chi connectivity index (χ1v) is 11.2. The number of amides is 1. The van der Waals surface area contributed by atoms with E-state index >= 15 is 0 Å². The van der Waals surface area contributed by atoms with Gasteiger partial charge in [0.15, 0.2) is 5.96 Å². The summed E-state index contributed by atoms with van der Waals surface area (Å²) >= 11 is 3.61. The number of hydrogen-bond donors (Lipinski definition) is 1. The molecule has 0 heterocycles. The van der Waals surface area contributed by atoms with Gasteiger partial charge in [0.1, 0.15) is 0 Å². The number of methoxy groups -OCH3 is 1.